The van der Waals surface area contributed by atoms with Gasteiger partial charge in [-0.15, -0.1) is 11.8 Å². The summed E-state index contributed by atoms with van der Waals surface area (Å²) >= 11 is 1.67. The lowest BCUT2D eigenvalue weighted by Gasteiger charge is -1.86. The van der Waals surface area contributed by atoms with Crippen LogP contribution in [0, 0.1) is 0 Å². The SMILES string of the molecule is CCC(C)=NC=CSC. The summed E-state index contributed by atoms with van der Waals surface area (Å²) in [5, 5.41) is 1.97. The third-order valence-electron chi connectivity index (χ3n) is 1.00. The van der Waals surface area contributed by atoms with Gasteiger partial charge in [0.15, 0.2) is 0 Å². The predicted molar refractivity (Wildman–Crippen MR) is 46.1 cm³/mol. The Morgan fingerprint density at radius 1 is 1.67 bits per heavy atom. The molecule has 0 aromatic carbocycles. The van der Waals surface area contributed by atoms with Crippen molar-refractivity contribution in [2.24, 2.45) is 4.99 Å². The van der Waals surface area contributed by atoms with E-state index in [9.17, 15) is 0 Å². The van der Waals surface area contributed by atoms with E-state index in [1.807, 2.05) is 24.8 Å². The minimum atomic E-state index is 1.04. The molecule has 0 saturated heterocycles. The van der Waals surface area contributed by atoms with Crippen LogP contribution in [0.2, 0.25) is 0 Å². The molecule has 0 atom stereocenters. The van der Waals surface area contributed by atoms with Crippen molar-refractivity contribution in [1.82, 2.24) is 0 Å². The molecule has 0 bridgehead atoms. The average Bonchev–Trinajstić information content (AvgIpc) is 1.89. The van der Waals surface area contributed by atoms with Crippen molar-refractivity contribution < 1.29 is 0 Å². The van der Waals surface area contributed by atoms with Gasteiger partial charge in [0.2, 0.25) is 0 Å². The third-order valence-corrected chi connectivity index (χ3v) is 1.40. The highest BCUT2D eigenvalue weighted by Crippen LogP contribution is 1.94. The molecule has 0 amide bonds. The van der Waals surface area contributed by atoms with E-state index in [-0.39, 0.29) is 0 Å². The molecule has 1 nitrogen and oxygen atoms in total. The van der Waals surface area contributed by atoms with E-state index in [0.717, 1.165) is 6.42 Å². The van der Waals surface area contributed by atoms with E-state index < -0.39 is 0 Å². The summed E-state index contributed by atoms with van der Waals surface area (Å²) < 4.78 is 0. The molecule has 0 radical (unpaired) electrons. The van der Waals surface area contributed by atoms with Crippen LogP contribution in [0.4, 0.5) is 0 Å². The summed E-state index contributed by atoms with van der Waals surface area (Å²) in [5.74, 6) is 0. The lowest BCUT2D eigenvalue weighted by atomic mass is 10.3. The molecular weight excluding hydrogens is 130 g/mol. The fourth-order valence-corrected chi connectivity index (χ4v) is 0.492. The van der Waals surface area contributed by atoms with E-state index in [1.54, 1.807) is 11.8 Å². The molecule has 0 N–H and O–H groups in total. The molecule has 0 fully saturated rings. The Labute approximate surface area is 61.3 Å². The largest absolute Gasteiger partial charge is 0.265 e. The summed E-state index contributed by atoms with van der Waals surface area (Å²) in [5.41, 5.74) is 1.18. The van der Waals surface area contributed by atoms with Crippen molar-refractivity contribution >= 4 is 17.5 Å². The van der Waals surface area contributed by atoms with Crippen LogP contribution in [0.1, 0.15) is 20.3 Å². The molecule has 0 saturated carbocycles. The van der Waals surface area contributed by atoms with Gasteiger partial charge in [0, 0.05) is 11.9 Å². The molecule has 0 aliphatic rings. The maximum Gasteiger partial charge on any atom is 0.0330 e. The molecule has 0 spiro atoms. The Morgan fingerprint density at radius 2 is 2.33 bits per heavy atom. The Balaban J connectivity index is 3.55. The fourth-order valence-electron chi connectivity index (χ4n) is 0.310. The quantitative estimate of drug-likeness (QED) is 0.553. The Bertz CT molecular complexity index is 116. The third kappa shape index (κ3) is 5.63. The second-order valence-electron chi connectivity index (χ2n) is 1.74. The van der Waals surface area contributed by atoms with Crippen LogP contribution in [0.15, 0.2) is 16.6 Å². The molecule has 0 heterocycles. The van der Waals surface area contributed by atoms with Gasteiger partial charge >= 0.3 is 0 Å². The van der Waals surface area contributed by atoms with Gasteiger partial charge in [-0.05, 0) is 25.0 Å². The standard InChI is InChI=1S/C7H13NS/c1-4-7(2)8-5-6-9-3/h5-6H,4H2,1-3H3. The number of rotatable bonds is 3. The van der Waals surface area contributed by atoms with Gasteiger partial charge in [-0.3, -0.25) is 4.99 Å². The fraction of sp³-hybridized carbons (Fsp3) is 0.571. The van der Waals surface area contributed by atoms with Crippen LogP contribution in [0.3, 0.4) is 0 Å². The molecule has 0 aromatic heterocycles. The topological polar surface area (TPSA) is 12.4 Å². The molecule has 52 valence electrons. The van der Waals surface area contributed by atoms with Crippen molar-refractivity contribution in [2.75, 3.05) is 6.26 Å². The zero-order valence-corrected chi connectivity index (χ0v) is 7.03. The van der Waals surface area contributed by atoms with Crippen LogP contribution in [0.5, 0.6) is 0 Å². The zero-order chi connectivity index (χ0) is 7.11. The van der Waals surface area contributed by atoms with Crippen LogP contribution >= 0.6 is 11.8 Å². The number of hydrogen-bond donors (Lipinski definition) is 0. The summed E-state index contributed by atoms with van der Waals surface area (Å²) in [7, 11) is 0. The maximum atomic E-state index is 4.15. The van der Waals surface area contributed by atoms with Crippen molar-refractivity contribution in [3.63, 3.8) is 0 Å². The molecule has 2 heteroatoms. The van der Waals surface area contributed by atoms with E-state index in [0.29, 0.717) is 0 Å². The van der Waals surface area contributed by atoms with Crippen LogP contribution < -0.4 is 0 Å². The predicted octanol–water partition coefficient (Wildman–Crippen LogP) is 2.69. The first-order valence-corrected chi connectivity index (χ1v) is 4.31. The first-order valence-electron chi connectivity index (χ1n) is 3.02. The molecule has 0 aromatic rings. The number of aliphatic imine (C=N–C) groups is 1. The first-order chi connectivity index (χ1) is 4.31. The molecule has 0 aliphatic carbocycles. The number of hydrogen-bond acceptors (Lipinski definition) is 2. The Morgan fingerprint density at radius 3 is 2.78 bits per heavy atom. The molecule has 9 heavy (non-hydrogen) atoms. The van der Waals surface area contributed by atoms with E-state index in [4.69, 9.17) is 0 Å². The van der Waals surface area contributed by atoms with Gasteiger partial charge in [0.1, 0.15) is 0 Å². The van der Waals surface area contributed by atoms with E-state index in [2.05, 4.69) is 11.9 Å². The highest BCUT2D eigenvalue weighted by atomic mass is 32.2. The highest BCUT2D eigenvalue weighted by molar-refractivity contribution is 8.01. The monoisotopic (exact) mass is 143 g/mol. The number of nitrogens with zero attached hydrogens (tertiary/aromatic N) is 1. The molecule has 0 aliphatic heterocycles. The lowest BCUT2D eigenvalue weighted by molar-refractivity contribution is 1.25. The minimum Gasteiger partial charge on any atom is -0.265 e. The maximum absolute atomic E-state index is 4.15. The smallest absolute Gasteiger partial charge is 0.0330 e. The Kier molecular flexibility index (Phi) is 5.73. The molecule has 0 rings (SSSR count). The summed E-state index contributed by atoms with van der Waals surface area (Å²) in [6.45, 7) is 4.14. The first kappa shape index (κ1) is 8.76. The normalized spacial score (nSPS) is 13.0. The van der Waals surface area contributed by atoms with Crippen LogP contribution in [-0.2, 0) is 0 Å². The summed E-state index contributed by atoms with van der Waals surface area (Å²) in [6.07, 6.45) is 4.90. The van der Waals surface area contributed by atoms with E-state index >= 15 is 0 Å². The van der Waals surface area contributed by atoms with Gasteiger partial charge < -0.3 is 0 Å². The van der Waals surface area contributed by atoms with Gasteiger partial charge in [-0.25, -0.2) is 0 Å². The highest BCUT2D eigenvalue weighted by Gasteiger charge is 1.78. The minimum absolute atomic E-state index is 1.04. The van der Waals surface area contributed by atoms with Gasteiger partial charge in [-0.2, -0.15) is 0 Å². The molecule has 0 unspecified atom stereocenters. The second kappa shape index (κ2) is 5.89. The lowest BCUT2D eigenvalue weighted by Crippen LogP contribution is -1.83. The van der Waals surface area contributed by atoms with Crippen LogP contribution in [0.25, 0.3) is 0 Å². The van der Waals surface area contributed by atoms with Crippen LogP contribution in [-0.4, -0.2) is 12.0 Å². The summed E-state index contributed by atoms with van der Waals surface area (Å²) in [4.78, 5) is 4.15. The Hall–Kier alpha value is -0.240. The average molecular weight is 143 g/mol. The van der Waals surface area contributed by atoms with Crippen molar-refractivity contribution in [2.45, 2.75) is 20.3 Å². The van der Waals surface area contributed by atoms with Gasteiger partial charge in [0.25, 0.3) is 0 Å². The van der Waals surface area contributed by atoms with Crippen molar-refractivity contribution in [1.29, 1.82) is 0 Å². The van der Waals surface area contributed by atoms with Gasteiger partial charge in [-0.1, -0.05) is 6.92 Å². The van der Waals surface area contributed by atoms with Gasteiger partial charge in [0.05, 0.1) is 0 Å². The van der Waals surface area contributed by atoms with E-state index in [1.165, 1.54) is 5.71 Å². The number of thioether (sulfide) groups is 1. The summed E-state index contributed by atoms with van der Waals surface area (Å²) in [6, 6.07) is 0. The van der Waals surface area contributed by atoms with Crippen molar-refractivity contribution in [3.8, 4) is 0 Å². The van der Waals surface area contributed by atoms with Crippen molar-refractivity contribution in [3.05, 3.63) is 11.6 Å². The second-order valence-corrected chi connectivity index (χ2v) is 2.48. The zero-order valence-electron chi connectivity index (χ0n) is 6.22. The molecular formula is C7H13NS.